The first kappa shape index (κ1) is 9.73. The fourth-order valence-corrected chi connectivity index (χ4v) is 0.242. The highest BCUT2D eigenvalue weighted by atomic mass is 19.4. The second-order valence-corrected chi connectivity index (χ2v) is 1.36. The van der Waals surface area contributed by atoms with Crippen LogP contribution in [0.5, 0.6) is 0 Å². The van der Waals surface area contributed by atoms with E-state index < -0.39 is 24.4 Å². The molecule has 0 aromatic carbocycles. The van der Waals surface area contributed by atoms with Crippen LogP contribution in [-0.4, -0.2) is 17.4 Å². The van der Waals surface area contributed by atoms with Gasteiger partial charge in [0, 0.05) is 0 Å². The Morgan fingerprint density at radius 3 is 2.18 bits per heavy atom. The first-order valence-corrected chi connectivity index (χ1v) is 2.17. The van der Waals surface area contributed by atoms with Gasteiger partial charge in [0.2, 0.25) is 0 Å². The maximum atomic E-state index is 11.7. The van der Waals surface area contributed by atoms with E-state index in [4.69, 9.17) is 5.11 Å². The Morgan fingerprint density at radius 2 is 1.91 bits per heavy atom. The average Bonchev–Trinajstić information content (AvgIpc) is 1.53. The third kappa shape index (κ3) is 6.62. The van der Waals surface area contributed by atoms with Crippen molar-refractivity contribution < 1.29 is 32.2 Å². The molecule has 0 saturated heterocycles. The number of rotatable bonds is 1. The molecule has 0 rings (SSSR count). The number of halogens is 4. The van der Waals surface area contributed by atoms with Crippen LogP contribution in [0.1, 0.15) is 0 Å². The van der Waals surface area contributed by atoms with Crippen molar-refractivity contribution in [1.82, 2.24) is 0 Å². The van der Waals surface area contributed by atoms with Gasteiger partial charge in [0.25, 0.3) is 6.01 Å². The van der Waals surface area contributed by atoms with Gasteiger partial charge in [-0.25, -0.2) is 4.79 Å². The Bertz CT molecular complexity index is 182. The summed E-state index contributed by atoms with van der Waals surface area (Å²) in [5, 5.41) is 7.61. The lowest BCUT2D eigenvalue weighted by Gasteiger charge is -1.98. The van der Waals surface area contributed by atoms with Gasteiger partial charge >= 0.3 is 12.3 Å². The van der Waals surface area contributed by atoms with Gasteiger partial charge in [-0.05, 0) is 0 Å². The third-order valence-corrected chi connectivity index (χ3v) is 0.462. The first-order chi connectivity index (χ1) is 4.81. The molecule has 0 aliphatic rings. The van der Waals surface area contributed by atoms with Crippen molar-refractivity contribution in [2.45, 2.75) is 6.18 Å². The number of alkyl halides is 3. The molecule has 0 saturated carbocycles. The van der Waals surface area contributed by atoms with Crippen LogP contribution < -0.4 is 0 Å². The zero-order valence-electron chi connectivity index (χ0n) is 4.85. The number of hydrogen-bond donors (Lipinski definition) is 1. The summed E-state index contributed by atoms with van der Waals surface area (Å²) >= 11 is 0. The lowest BCUT2D eigenvalue weighted by atomic mass is 10.6. The average molecular weight is 174 g/mol. The summed E-state index contributed by atoms with van der Waals surface area (Å²) in [5.41, 5.74) is 0. The third-order valence-electron chi connectivity index (χ3n) is 0.462. The van der Waals surface area contributed by atoms with Crippen LogP contribution in [-0.2, 0) is 4.74 Å². The van der Waals surface area contributed by atoms with E-state index in [1.165, 1.54) is 0 Å². The molecular formula is C4H2F4O3. The van der Waals surface area contributed by atoms with Crippen molar-refractivity contribution in [3.05, 3.63) is 12.1 Å². The number of ether oxygens (including phenoxy) is 1. The molecule has 3 nitrogen and oxygen atoms in total. The summed E-state index contributed by atoms with van der Waals surface area (Å²) in [5.74, 6) is 0. The highest BCUT2D eigenvalue weighted by molar-refractivity contribution is 5.58. The predicted molar refractivity (Wildman–Crippen MR) is 24.4 cm³/mol. The minimum Gasteiger partial charge on any atom is -0.449 e. The summed E-state index contributed by atoms with van der Waals surface area (Å²) in [6.07, 6.45) is -7.95. The SMILES string of the molecule is O=C(O)OC(F)=CC(F)(F)F. The molecule has 11 heavy (non-hydrogen) atoms. The molecule has 0 bridgehead atoms. The molecule has 64 valence electrons. The quantitative estimate of drug-likeness (QED) is 0.376. The maximum Gasteiger partial charge on any atom is 0.513 e. The molecule has 0 atom stereocenters. The molecule has 1 N–H and O–H groups in total. The molecule has 0 aliphatic heterocycles. The van der Waals surface area contributed by atoms with E-state index >= 15 is 0 Å². The summed E-state index contributed by atoms with van der Waals surface area (Å²) in [6.45, 7) is 0. The smallest absolute Gasteiger partial charge is 0.449 e. The summed E-state index contributed by atoms with van der Waals surface area (Å²) in [7, 11) is 0. The molecule has 0 amide bonds. The Kier molecular flexibility index (Phi) is 2.85. The highest BCUT2D eigenvalue weighted by Gasteiger charge is 2.26. The van der Waals surface area contributed by atoms with Gasteiger partial charge < -0.3 is 9.84 Å². The lowest BCUT2D eigenvalue weighted by molar-refractivity contribution is -0.0841. The summed E-state index contributed by atoms with van der Waals surface area (Å²) in [4.78, 5) is 9.43. The van der Waals surface area contributed by atoms with Crippen molar-refractivity contribution in [2.75, 3.05) is 0 Å². The summed E-state index contributed by atoms with van der Waals surface area (Å²) in [6, 6.07) is -2.20. The van der Waals surface area contributed by atoms with Crippen LogP contribution in [0.3, 0.4) is 0 Å². The molecule has 0 unspecified atom stereocenters. The van der Waals surface area contributed by atoms with Crippen LogP contribution in [0.4, 0.5) is 22.4 Å². The molecule has 7 heteroatoms. The van der Waals surface area contributed by atoms with Crippen LogP contribution in [0.2, 0.25) is 0 Å². The van der Waals surface area contributed by atoms with E-state index in [0.29, 0.717) is 0 Å². The van der Waals surface area contributed by atoms with Crippen molar-refractivity contribution in [3.63, 3.8) is 0 Å². The lowest BCUT2D eigenvalue weighted by Crippen LogP contribution is -2.05. The van der Waals surface area contributed by atoms with Crippen molar-refractivity contribution in [3.8, 4) is 0 Å². The fraction of sp³-hybridized carbons (Fsp3) is 0.250. The van der Waals surface area contributed by atoms with Gasteiger partial charge in [-0.2, -0.15) is 17.6 Å². The van der Waals surface area contributed by atoms with Crippen molar-refractivity contribution >= 4 is 6.16 Å². The molecule has 0 aromatic rings. The standard InChI is InChI=1S/C4H2F4O3/c5-2(11-3(9)10)1-4(6,7)8/h1H,(H,9,10). The number of carboxylic acid groups (broad SMARTS) is 1. The molecule has 0 spiro atoms. The molecule has 0 aliphatic carbocycles. The largest absolute Gasteiger partial charge is 0.513 e. The summed E-state index contributed by atoms with van der Waals surface area (Å²) < 4.78 is 48.2. The van der Waals surface area contributed by atoms with E-state index in [1.54, 1.807) is 0 Å². The van der Waals surface area contributed by atoms with Gasteiger partial charge in [0.15, 0.2) is 0 Å². The van der Waals surface area contributed by atoms with Crippen molar-refractivity contribution in [1.29, 1.82) is 0 Å². The fourth-order valence-electron chi connectivity index (χ4n) is 0.242. The molecule has 0 radical (unpaired) electrons. The highest BCUT2D eigenvalue weighted by Crippen LogP contribution is 2.19. The predicted octanol–water partition coefficient (Wildman–Crippen LogP) is 2.05. The molecule has 0 heterocycles. The Balaban J connectivity index is 4.12. The van der Waals surface area contributed by atoms with Gasteiger partial charge in [0.05, 0.1) is 6.08 Å². The minimum absolute atomic E-state index is 0.902. The van der Waals surface area contributed by atoms with Crippen LogP contribution in [0.25, 0.3) is 0 Å². The maximum absolute atomic E-state index is 11.7. The number of allylic oxidation sites excluding steroid dienone is 1. The Labute approximate surface area is 57.9 Å². The van der Waals surface area contributed by atoms with Gasteiger partial charge in [-0.15, -0.1) is 0 Å². The molecule has 0 fully saturated rings. The minimum atomic E-state index is -4.92. The first-order valence-electron chi connectivity index (χ1n) is 2.17. The molecule has 0 aromatic heterocycles. The van der Waals surface area contributed by atoms with E-state index in [0.717, 1.165) is 0 Å². The van der Waals surface area contributed by atoms with Gasteiger partial charge in [-0.1, -0.05) is 0 Å². The topological polar surface area (TPSA) is 46.5 Å². The van der Waals surface area contributed by atoms with E-state index in [2.05, 4.69) is 4.74 Å². The number of hydrogen-bond acceptors (Lipinski definition) is 2. The zero-order chi connectivity index (χ0) is 9.07. The molecular weight excluding hydrogens is 172 g/mol. The van der Waals surface area contributed by atoms with Gasteiger partial charge in [0.1, 0.15) is 0 Å². The Hall–Kier alpha value is -1.27. The van der Waals surface area contributed by atoms with Crippen molar-refractivity contribution in [2.24, 2.45) is 0 Å². The van der Waals surface area contributed by atoms with Crippen LogP contribution in [0.15, 0.2) is 12.1 Å². The van der Waals surface area contributed by atoms with E-state index in [9.17, 15) is 22.4 Å². The normalized spacial score (nSPS) is 12.9. The second-order valence-electron chi connectivity index (χ2n) is 1.36. The van der Waals surface area contributed by atoms with Gasteiger partial charge in [-0.3, -0.25) is 0 Å². The van der Waals surface area contributed by atoms with E-state index in [1.807, 2.05) is 0 Å². The number of carbonyl (C=O) groups is 1. The second kappa shape index (κ2) is 3.22. The monoisotopic (exact) mass is 174 g/mol. The Morgan fingerprint density at radius 1 is 1.45 bits per heavy atom. The van der Waals surface area contributed by atoms with Crippen LogP contribution in [0, 0.1) is 0 Å². The van der Waals surface area contributed by atoms with E-state index in [-0.39, 0.29) is 0 Å². The van der Waals surface area contributed by atoms with Crippen LogP contribution >= 0.6 is 0 Å². The zero-order valence-corrected chi connectivity index (χ0v) is 4.85.